The van der Waals surface area contributed by atoms with E-state index in [1.165, 1.54) is 0 Å². The van der Waals surface area contributed by atoms with Crippen molar-refractivity contribution >= 4 is 0 Å². The highest BCUT2D eigenvalue weighted by atomic mass is 16.3. The molecule has 0 aromatic carbocycles. The van der Waals surface area contributed by atoms with Crippen LogP contribution in [0.5, 0.6) is 0 Å². The van der Waals surface area contributed by atoms with Gasteiger partial charge in [0.25, 0.3) is 0 Å². The van der Waals surface area contributed by atoms with E-state index in [0.29, 0.717) is 0 Å². The van der Waals surface area contributed by atoms with E-state index in [0.717, 1.165) is 45.2 Å². The molecule has 1 unspecified atom stereocenters. The fourth-order valence-corrected chi connectivity index (χ4v) is 3.06. The van der Waals surface area contributed by atoms with Gasteiger partial charge < -0.3 is 15.1 Å². The first-order valence-electron chi connectivity index (χ1n) is 6.55. The van der Waals surface area contributed by atoms with Crippen LogP contribution in [0.25, 0.3) is 0 Å². The number of likely N-dealkylation sites (tertiary alicyclic amines) is 1. The summed E-state index contributed by atoms with van der Waals surface area (Å²) in [5.74, 6) is 0. The molecule has 0 amide bonds. The molecule has 0 aliphatic carbocycles. The molecule has 16 heavy (non-hydrogen) atoms. The van der Waals surface area contributed by atoms with Gasteiger partial charge in [-0.05, 0) is 45.7 Å². The number of rotatable bonds is 4. The molecule has 0 bridgehead atoms. The predicted octanol–water partition coefficient (Wildman–Crippen LogP) is 1.63. The number of hydrogen-bond donors (Lipinski definition) is 2. The highest BCUT2D eigenvalue weighted by Crippen LogP contribution is 2.44. The molecule has 2 N–H and O–H groups in total. The van der Waals surface area contributed by atoms with Crippen LogP contribution in [-0.4, -0.2) is 47.5 Å². The van der Waals surface area contributed by atoms with Crippen molar-refractivity contribution in [3.8, 4) is 0 Å². The third kappa shape index (κ3) is 2.41. The lowest BCUT2D eigenvalue weighted by Gasteiger charge is -2.45. The zero-order valence-corrected chi connectivity index (χ0v) is 11.0. The maximum Gasteiger partial charge on any atom is 0.0738 e. The SMILES string of the molecule is CCC(CC)(CO)C1(O)CCCN(C)CC1. The number of nitrogens with zero attached hydrogens (tertiary/aromatic N) is 1. The molecular formula is C13H27NO2. The van der Waals surface area contributed by atoms with Crippen LogP contribution in [0.1, 0.15) is 46.0 Å². The third-order valence-corrected chi connectivity index (χ3v) is 4.68. The van der Waals surface area contributed by atoms with E-state index in [1.807, 2.05) is 0 Å². The first-order valence-corrected chi connectivity index (χ1v) is 6.55. The van der Waals surface area contributed by atoms with E-state index < -0.39 is 5.60 Å². The lowest BCUT2D eigenvalue weighted by molar-refractivity contribution is -0.122. The van der Waals surface area contributed by atoms with Gasteiger partial charge in [-0.3, -0.25) is 0 Å². The second kappa shape index (κ2) is 5.48. The molecule has 3 heteroatoms. The summed E-state index contributed by atoms with van der Waals surface area (Å²) in [6.45, 7) is 6.23. The topological polar surface area (TPSA) is 43.7 Å². The van der Waals surface area contributed by atoms with Crippen molar-refractivity contribution < 1.29 is 10.2 Å². The minimum atomic E-state index is -0.685. The lowest BCUT2D eigenvalue weighted by atomic mass is 9.65. The summed E-state index contributed by atoms with van der Waals surface area (Å²) >= 11 is 0. The molecule has 0 saturated carbocycles. The molecule has 1 aliphatic rings. The Morgan fingerprint density at radius 1 is 1.19 bits per heavy atom. The largest absolute Gasteiger partial charge is 0.396 e. The molecule has 1 fully saturated rings. The van der Waals surface area contributed by atoms with Crippen LogP contribution in [0.3, 0.4) is 0 Å². The summed E-state index contributed by atoms with van der Waals surface area (Å²) in [5, 5.41) is 20.6. The van der Waals surface area contributed by atoms with Gasteiger partial charge >= 0.3 is 0 Å². The summed E-state index contributed by atoms with van der Waals surface area (Å²) in [5.41, 5.74) is -0.992. The second-order valence-electron chi connectivity index (χ2n) is 5.33. The number of aliphatic hydroxyl groups excluding tert-OH is 1. The second-order valence-corrected chi connectivity index (χ2v) is 5.33. The maximum atomic E-state index is 10.9. The van der Waals surface area contributed by atoms with Crippen LogP contribution in [0.15, 0.2) is 0 Å². The van der Waals surface area contributed by atoms with Crippen molar-refractivity contribution in [3.63, 3.8) is 0 Å². The highest BCUT2D eigenvalue weighted by molar-refractivity contribution is 4.98. The Morgan fingerprint density at radius 3 is 2.31 bits per heavy atom. The minimum Gasteiger partial charge on any atom is -0.396 e. The zero-order chi connectivity index (χ0) is 12.2. The average Bonchev–Trinajstić information content (AvgIpc) is 2.45. The van der Waals surface area contributed by atoms with Crippen molar-refractivity contribution in [2.45, 2.75) is 51.6 Å². The quantitative estimate of drug-likeness (QED) is 0.770. The molecule has 3 nitrogen and oxygen atoms in total. The van der Waals surface area contributed by atoms with E-state index >= 15 is 0 Å². The molecule has 1 saturated heterocycles. The molecule has 0 spiro atoms. The van der Waals surface area contributed by atoms with Gasteiger partial charge in [-0.1, -0.05) is 13.8 Å². The zero-order valence-electron chi connectivity index (χ0n) is 11.0. The van der Waals surface area contributed by atoms with Gasteiger partial charge in [-0.25, -0.2) is 0 Å². The molecular weight excluding hydrogens is 202 g/mol. The van der Waals surface area contributed by atoms with Gasteiger partial charge in [0.1, 0.15) is 0 Å². The van der Waals surface area contributed by atoms with Crippen LogP contribution in [0, 0.1) is 5.41 Å². The van der Waals surface area contributed by atoms with Gasteiger partial charge in [-0.15, -0.1) is 0 Å². The van der Waals surface area contributed by atoms with Crippen molar-refractivity contribution in [2.75, 3.05) is 26.7 Å². The minimum absolute atomic E-state index is 0.0974. The molecule has 0 aromatic heterocycles. The van der Waals surface area contributed by atoms with Crippen molar-refractivity contribution in [3.05, 3.63) is 0 Å². The van der Waals surface area contributed by atoms with E-state index in [9.17, 15) is 10.2 Å². The summed E-state index contributed by atoms with van der Waals surface area (Å²) in [4.78, 5) is 2.27. The maximum absolute atomic E-state index is 10.9. The Labute approximate surface area is 99.5 Å². The lowest BCUT2D eigenvalue weighted by Crippen LogP contribution is -2.50. The smallest absolute Gasteiger partial charge is 0.0738 e. The van der Waals surface area contributed by atoms with Gasteiger partial charge in [0.15, 0.2) is 0 Å². The molecule has 96 valence electrons. The normalized spacial score (nSPS) is 29.1. The van der Waals surface area contributed by atoms with Crippen LogP contribution in [0.4, 0.5) is 0 Å². The number of hydrogen-bond acceptors (Lipinski definition) is 3. The molecule has 1 aliphatic heterocycles. The number of aliphatic hydroxyl groups is 2. The Hall–Kier alpha value is -0.120. The van der Waals surface area contributed by atoms with Crippen LogP contribution in [0.2, 0.25) is 0 Å². The van der Waals surface area contributed by atoms with Crippen LogP contribution in [-0.2, 0) is 0 Å². The monoisotopic (exact) mass is 229 g/mol. The van der Waals surface area contributed by atoms with Gasteiger partial charge in [0, 0.05) is 12.0 Å². The molecule has 1 rings (SSSR count). The van der Waals surface area contributed by atoms with E-state index in [2.05, 4.69) is 25.8 Å². The fourth-order valence-electron chi connectivity index (χ4n) is 3.06. The summed E-state index contributed by atoms with van der Waals surface area (Å²) in [6, 6.07) is 0. The molecule has 0 radical (unpaired) electrons. The van der Waals surface area contributed by atoms with E-state index in [4.69, 9.17) is 0 Å². The van der Waals surface area contributed by atoms with Gasteiger partial charge in [-0.2, -0.15) is 0 Å². The standard InChI is InChI=1S/C13H27NO2/c1-4-12(5-2,11-15)13(16)7-6-9-14(3)10-8-13/h15-16H,4-11H2,1-3H3. The summed E-state index contributed by atoms with van der Waals surface area (Å²) in [7, 11) is 2.10. The first kappa shape index (κ1) is 13.9. The highest BCUT2D eigenvalue weighted by Gasteiger charge is 2.47. The van der Waals surface area contributed by atoms with Gasteiger partial charge in [0.05, 0.1) is 12.2 Å². The van der Waals surface area contributed by atoms with Crippen LogP contribution >= 0.6 is 0 Å². The van der Waals surface area contributed by atoms with Crippen molar-refractivity contribution in [2.24, 2.45) is 5.41 Å². The molecule has 0 aromatic rings. The first-order chi connectivity index (χ1) is 7.53. The Kier molecular flexibility index (Phi) is 4.77. The fraction of sp³-hybridized carbons (Fsp3) is 1.00. The predicted molar refractivity (Wildman–Crippen MR) is 66.4 cm³/mol. The van der Waals surface area contributed by atoms with Gasteiger partial charge in [0.2, 0.25) is 0 Å². The average molecular weight is 229 g/mol. The Balaban J connectivity index is 2.87. The summed E-state index contributed by atoms with van der Waals surface area (Å²) < 4.78 is 0. The van der Waals surface area contributed by atoms with E-state index in [1.54, 1.807) is 0 Å². The Bertz CT molecular complexity index is 208. The van der Waals surface area contributed by atoms with E-state index in [-0.39, 0.29) is 12.0 Å². The van der Waals surface area contributed by atoms with Crippen molar-refractivity contribution in [1.29, 1.82) is 0 Å². The Morgan fingerprint density at radius 2 is 1.81 bits per heavy atom. The summed E-state index contributed by atoms with van der Waals surface area (Å²) in [6.07, 6.45) is 4.32. The van der Waals surface area contributed by atoms with Crippen molar-refractivity contribution in [1.82, 2.24) is 4.90 Å². The molecule has 1 atom stereocenters. The van der Waals surface area contributed by atoms with Crippen LogP contribution < -0.4 is 0 Å². The third-order valence-electron chi connectivity index (χ3n) is 4.68. The molecule has 1 heterocycles.